The lowest BCUT2D eigenvalue weighted by atomic mass is 10.0. The lowest BCUT2D eigenvalue weighted by Crippen LogP contribution is -1.96. The number of hydrogen-bond acceptors (Lipinski definition) is 3. The number of aliphatic imine (C=N–C) groups is 1. The van der Waals surface area contributed by atoms with Crippen molar-refractivity contribution >= 4 is 6.21 Å². The van der Waals surface area contributed by atoms with Crippen LogP contribution in [0.3, 0.4) is 0 Å². The first-order valence-electron chi connectivity index (χ1n) is 7.37. The van der Waals surface area contributed by atoms with Crippen LogP contribution in [0.15, 0.2) is 41.4 Å². The Hall–Kier alpha value is -2.29. The van der Waals surface area contributed by atoms with Crippen LogP contribution in [0.2, 0.25) is 0 Å². The fourth-order valence-electron chi connectivity index (χ4n) is 2.51. The van der Waals surface area contributed by atoms with E-state index >= 15 is 0 Å². The average molecular weight is 297 g/mol. The summed E-state index contributed by atoms with van der Waals surface area (Å²) in [5, 5.41) is 0. The molecule has 0 aliphatic carbocycles. The number of aryl methyl sites for hydroxylation is 2. The van der Waals surface area contributed by atoms with Crippen LogP contribution in [0.1, 0.15) is 35.2 Å². The molecule has 0 amide bonds. The van der Waals surface area contributed by atoms with Gasteiger partial charge in [-0.2, -0.15) is 0 Å². The Morgan fingerprint density at radius 2 is 1.68 bits per heavy atom. The Balaban J connectivity index is 2.20. The number of hydrogen-bond donors (Lipinski definition) is 0. The van der Waals surface area contributed by atoms with Gasteiger partial charge in [0.15, 0.2) is 11.5 Å². The molecular weight excluding hydrogens is 274 g/mol. The Labute approximate surface area is 132 Å². The maximum Gasteiger partial charge on any atom is 0.161 e. The van der Waals surface area contributed by atoms with Gasteiger partial charge in [0.2, 0.25) is 0 Å². The van der Waals surface area contributed by atoms with Crippen LogP contribution in [-0.2, 0) is 0 Å². The Morgan fingerprint density at radius 3 is 2.32 bits per heavy atom. The summed E-state index contributed by atoms with van der Waals surface area (Å²) in [6.45, 7) is 6.34. The first-order chi connectivity index (χ1) is 10.5. The van der Waals surface area contributed by atoms with Gasteiger partial charge >= 0.3 is 0 Å². The van der Waals surface area contributed by atoms with Crippen molar-refractivity contribution in [1.82, 2.24) is 0 Å². The Morgan fingerprint density at radius 1 is 0.955 bits per heavy atom. The van der Waals surface area contributed by atoms with Crippen LogP contribution in [0.25, 0.3) is 0 Å². The van der Waals surface area contributed by atoms with Gasteiger partial charge in [-0.1, -0.05) is 23.8 Å². The summed E-state index contributed by atoms with van der Waals surface area (Å²) < 4.78 is 10.6. The van der Waals surface area contributed by atoms with Gasteiger partial charge in [0.25, 0.3) is 0 Å². The molecule has 1 unspecified atom stereocenters. The first-order valence-corrected chi connectivity index (χ1v) is 7.37. The molecule has 0 spiro atoms. The molecule has 1 atom stereocenters. The summed E-state index contributed by atoms with van der Waals surface area (Å²) in [6.07, 6.45) is 1.88. The summed E-state index contributed by atoms with van der Waals surface area (Å²) >= 11 is 0. The van der Waals surface area contributed by atoms with Gasteiger partial charge in [0, 0.05) is 6.21 Å². The molecular formula is C19H23NO2. The van der Waals surface area contributed by atoms with Gasteiger partial charge in [-0.25, -0.2) is 0 Å². The van der Waals surface area contributed by atoms with Crippen LogP contribution in [0.4, 0.5) is 0 Å². The SMILES string of the molecule is COc1ccc(C=NC(C)c2ccc(C)cc2C)cc1OC. The first kappa shape index (κ1) is 16.1. The minimum atomic E-state index is 0.119. The third-order valence-corrected chi connectivity index (χ3v) is 3.73. The van der Waals surface area contributed by atoms with Crippen molar-refractivity contribution in [2.75, 3.05) is 14.2 Å². The van der Waals surface area contributed by atoms with Crippen molar-refractivity contribution in [3.8, 4) is 11.5 Å². The molecule has 22 heavy (non-hydrogen) atoms. The molecule has 0 N–H and O–H groups in total. The lowest BCUT2D eigenvalue weighted by Gasteiger charge is -2.11. The molecule has 0 heterocycles. The van der Waals surface area contributed by atoms with Crippen molar-refractivity contribution in [1.29, 1.82) is 0 Å². The van der Waals surface area contributed by atoms with Crippen LogP contribution < -0.4 is 9.47 Å². The minimum absolute atomic E-state index is 0.119. The van der Waals surface area contributed by atoms with Crippen LogP contribution in [-0.4, -0.2) is 20.4 Å². The zero-order valence-electron chi connectivity index (χ0n) is 13.9. The number of nitrogens with zero attached hydrogens (tertiary/aromatic N) is 1. The average Bonchev–Trinajstić information content (AvgIpc) is 2.52. The van der Waals surface area contributed by atoms with E-state index in [-0.39, 0.29) is 6.04 Å². The van der Waals surface area contributed by atoms with Crippen molar-refractivity contribution in [3.63, 3.8) is 0 Å². The smallest absolute Gasteiger partial charge is 0.161 e. The summed E-state index contributed by atoms with van der Waals surface area (Å²) in [4.78, 5) is 4.66. The van der Waals surface area contributed by atoms with Crippen LogP contribution >= 0.6 is 0 Å². The second kappa shape index (κ2) is 7.12. The molecule has 0 aliphatic heterocycles. The summed E-state index contributed by atoms with van der Waals surface area (Å²) in [7, 11) is 3.27. The number of rotatable bonds is 5. The van der Waals surface area contributed by atoms with Gasteiger partial charge in [-0.05, 0) is 55.7 Å². The second-order valence-corrected chi connectivity index (χ2v) is 5.43. The predicted molar refractivity (Wildman–Crippen MR) is 91.5 cm³/mol. The molecule has 0 bridgehead atoms. The number of methoxy groups -OCH3 is 2. The summed E-state index contributed by atoms with van der Waals surface area (Å²) in [6, 6.07) is 12.4. The van der Waals surface area contributed by atoms with Gasteiger partial charge in [0.1, 0.15) is 0 Å². The zero-order valence-corrected chi connectivity index (χ0v) is 13.9. The topological polar surface area (TPSA) is 30.8 Å². The molecule has 0 saturated heterocycles. The molecule has 3 heteroatoms. The maximum absolute atomic E-state index is 5.31. The summed E-state index contributed by atoms with van der Waals surface area (Å²) in [5.74, 6) is 1.44. The summed E-state index contributed by atoms with van der Waals surface area (Å²) in [5.41, 5.74) is 4.80. The van der Waals surface area contributed by atoms with Crippen molar-refractivity contribution in [2.45, 2.75) is 26.8 Å². The maximum atomic E-state index is 5.31. The third kappa shape index (κ3) is 3.67. The molecule has 116 valence electrons. The molecule has 0 saturated carbocycles. The normalized spacial score (nSPS) is 12.4. The lowest BCUT2D eigenvalue weighted by molar-refractivity contribution is 0.355. The van der Waals surface area contributed by atoms with E-state index in [9.17, 15) is 0 Å². The van der Waals surface area contributed by atoms with E-state index in [1.807, 2.05) is 24.4 Å². The number of benzene rings is 2. The minimum Gasteiger partial charge on any atom is -0.493 e. The molecule has 2 aromatic rings. The standard InChI is InChI=1S/C19H23NO2/c1-13-6-8-17(14(2)10-13)15(3)20-12-16-7-9-18(21-4)19(11-16)22-5/h6-12,15H,1-5H3. The highest BCUT2D eigenvalue weighted by molar-refractivity contribution is 5.81. The quantitative estimate of drug-likeness (QED) is 0.761. The van der Waals surface area contributed by atoms with E-state index in [1.165, 1.54) is 16.7 Å². The van der Waals surface area contributed by atoms with Gasteiger partial charge in [-0.15, -0.1) is 0 Å². The van der Waals surface area contributed by atoms with E-state index in [1.54, 1.807) is 14.2 Å². The highest BCUT2D eigenvalue weighted by Gasteiger charge is 2.07. The predicted octanol–water partition coefficient (Wildman–Crippen LogP) is 4.50. The van der Waals surface area contributed by atoms with Gasteiger partial charge in [-0.3, -0.25) is 4.99 Å². The highest BCUT2D eigenvalue weighted by atomic mass is 16.5. The van der Waals surface area contributed by atoms with E-state index in [0.717, 1.165) is 11.3 Å². The van der Waals surface area contributed by atoms with Crippen LogP contribution in [0, 0.1) is 13.8 Å². The largest absolute Gasteiger partial charge is 0.493 e. The molecule has 0 aromatic heterocycles. The fraction of sp³-hybridized carbons (Fsp3) is 0.316. The third-order valence-electron chi connectivity index (χ3n) is 3.73. The van der Waals surface area contributed by atoms with Crippen molar-refractivity contribution < 1.29 is 9.47 Å². The van der Waals surface area contributed by atoms with E-state index in [4.69, 9.17) is 9.47 Å². The molecule has 0 radical (unpaired) electrons. The van der Waals surface area contributed by atoms with Gasteiger partial charge < -0.3 is 9.47 Å². The van der Waals surface area contributed by atoms with E-state index in [0.29, 0.717) is 5.75 Å². The van der Waals surface area contributed by atoms with Crippen molar-refractivity contribution in [3.05, 3.63) is 58.7 Å². The number of ether oxygens (including phenoxy) is 2. The Bertz CT molecular complexity index is 677. The van der Waals surface area contributed by atoms with Crippen LogP contribution in [0.5, 0.6) is 11.5 Å². The van der Waals surface area contributed by atoms with E-state index < -0.39 is 0 Å². The Kier molecular flexibility index (Phi) is 5.21. The highest BCUT2D eigenvalue weighted by Crippen LogP contribution is 2.27. The fourth-order valence-corrected chi connectivity index (χ4v) is 2.51. The second-order valence-electron chi connectivity index (χ2n) is 5.43. The molecule has 2 aromatic carbocycles. The van der Waals surface area contributed by atoms with E-state index in [2.05, 4.69) is 44.0 Å². The zero-order chi connectivity index (χ0) is 16.1. The van der Waals surface area contributed by atoms with Crippen molar-refractivity contribution in [2.24, 2.45) is 4.99 Å². The molecule has 3 nitrogen and oxygen atoms in total. The molecule has 2 rings (SSSR count). The molecule has 0 fully saturated rings. The monoisotopic (exact) mass is 297 g/mol. The molecule has 0 aliphatic rings. The van der Waals surface area contributed by atoms with Gasteiger partial charge in [0.05, 0.1) is 20.3 Å².